The van der Waals surface area contributed by atoms with Crippen LogP contribution in [0.4, 0.5) is 0 Å². The lowest BCUT2D eigenvalue weighted by atomic mass is 9.78. The van der Waals surface area contributed by atoms with Crippen LogP contribution in [0, 0.1) is 5.92 Å². The Kier molecular flexibility index (Phi) is 3.03. The van der Waals surface area contributed by atoms with E-state index in [9.17, 15) is 5.11 Å². The summed E-state index contributed by atoms with van der Waals surface area (Å²) in [6, 6.07) is 16.0. The predicted molar refractivity (Wildman–Crippen MR) is 87.4 cm³/mol. The van der Waals surface area contributed by atoms with Crippen molar-refractivity contribution >= 4 is 0 Å². The van der Waals surface area contributed by atoms with Gasteiger partial charge in [0, 0.05) is 12.5 Å². The standard InChI is InChI=1S/C20H20O3/c1-14-13-15-7-3-4-8-16(15)20(14,21)18-10-6-5-9-17(18)19(2)22-11-12-23-19/h3-12,14,21H,13H2,1-2H3. The van der Waals surface area contributed by atoms with Crippen molar-refractivity contribution in [3.63, 3.8) is 0 Å². The zero-order valence-corrected chi connectivity index (χ0v) is 13.3. The van der Waals surface area contributed by atoms with Crippen LogP contribution in [0.1, 0.15) is 36.1 Å². The van der Waals surface area contributed by atoms with E-state index in [-0.39, 0.29) is 5.92 Å². The third-order valence-corrected chi connectivity index (χ3v) is 5.14. The second kappa shape index (κ2) is 4.87. The average Bonchev–Trinajstić information content (AvgIpc) is 3.12. The Morgan fingerprint density at radius 2 is 1.48 bits per heavy atom. The van der Waals surface area contributed by atoms with Crippen LogP contribution in [-0.2, 0) is 27.3 Å². The van der Waals surface area contributed by atoms with Gasteiger partial charge in [-0.05, 0) is 29.0 Å². The molecule has 0 aromatic heterocycles. The number of benzene rings is 2. The Labute approximate surface area is 136 Å². The molecule has 0 fully saturated rings. The van der Waals surface area contributed by atoms with Crippen molar-refractivity contribution in [1.29, 1.82) is 0 Å². The van der Waals surface area contributed by atoms with Gasteiger partial charge in [-0.15, -0.1) is 0 Å². The number of rotatable bonds is 2. The molecular weight excluding hydrogens is 288 g/mol. The van der Waals surface area contributed by atoms with Crippen LogP contribution in [0.3, 0.4) is 0 Å². The first-order valence-electron chi connectivity index (χ1n) is 7.97. The van der Waals surface area contributed by atoms with Crippen molar-refractivity contribution in [1.82, 2.24) is 0 Å². The SMILES string of the molecule is CC1Cc2ccccc2C1(O)c1ccccc1C1(C)OC=CO1. The van der Waals surface area contributed by atoms with Crippen LogP contribution < -0.4 is 0 Å². The summed E-state index contributed by atoms with van der Waals surface area (Å²) in [6.07, 6.45) is 3.96. The van der Waals surface area contributed by atoms with Gasteiger partial charge in [-0.2, -0.15) is 0 Å². The molecule has 0 amide bonds. The van der Waals surface area contributed by atoms with Gasteiger partial charge in [0.1, 0.15) is 18.1 Å². The normalized spacial score (nSPS) is 27.3. The van der Waals surface area contributed by atoms with Gasteiger partial charge in [0.2, 0.25) is 0 Å². The largest absolute Gasteiger partial charge is 0.453 e. The summed E-state index contributed by atoms with van der Waals surface area (Å²) in [7, 11) is 0. The molecule has 1 aliphatic carbocycles. The smallest absolute Gasteiger partial charge is 0.274 e. The van der Waals surface area contributed by atoms with E-state index in [0.717, 1.165) is 23.1 Å². The summed E-state index contributed by atoms with van der Waals surface area (Å²) >= 11 is 0. The van der Waals surface area contributed by atoms with E-state index < -0.39 is 11.4 Å². The summed E-state index contributed by atoms with van der Waals surface area (Å²) < 4.78 is 11.4. The molecule has 3 nitrogen and oxygen atoms in total. The Balaban J connectivity index is 1.92. The maximum absolute atomic E-state index is 11.7. The fourth-order valence-electron chi connectivity index (χ4n) is 3.91. The van der Waals surface area contributed by atoms with E-state index in [1.807, 2.05) is 49.4 Å². The Bertz CT molecular complexity index is 772. The molecule has 4 rings (SSSR count). The molecule has 2 aliphatic rings. The highest BCUT2D eigenvalue weighted by atomic mass is 16.7. The third kappa shape index (κ3) is 1.93. The molecule has 1 N–H and O–H groups in total. The van der Waals surface area contributed by atoms with E-state index in [0.29, 0.717) is 0 Å². The van der Waals surface area contributed by atoms with Crippen molar-refractivity contribution in [3.05, 3.63) is 83.3 Å². The first kappa shape index (κ1) is 14.3. The monoisotopic (exact) mass is 308 g/mol. The molecule has 2 aromatic rings. The van der Waals surface area contributed by atoms with Crippen LogP contribution in [0.2, 0.25) is 0 Å². The topological polar surface area (TPSA) is 38.7 Å². The Morgan fingerprint density at radius 3 is 2.17 bits per heavy atom. The quantitative estimate of drug-likeness (QED) is 0.917. The van der Waals surface area contributed by atoms with Gasteiger partial charge in [0.05, 0.1) is 0 Å². The second-order valence-corrected chi connectivity index (χ2v) is 6.53. The van der Waals surface area contributed by atoms with Crippen LogP contribution in [0.25, 0.3) is 0 Å². The molecule has 3 heteroatoms. The van der Waals surface area contributed by atoms with Gasteiger partial charge in [-0.3, -0.25) is 0 Å². The molecule has 23 heavy (non-hydrogen) atoms. The van der Waals surface area contributed by atoms with Gasteiger partial charge in [-0.25, -0.2) is 0 Å². The van der Waals surface area contributed by atoms with Gasteiger partial charge in [-0.1, -0.05) is 55.5 Å². The number of hydrogen-bond donors (Lipinski definition) is 1. The molecule has 1 aliphatic heterocycles. The number of hydrogen-bond acceptors (Lipinski definition) is 3. The molecule has 2 unspecified atom stereocenters. The zero-order chi connectivity index (χ0) is 16.1. The lowest BCUT2D eigenvalue weighted by Gasteiger charge is -2.35. The molecule has 118 valence electrons. The van der Waals surface area contributed by atoms with Gasteiger partial charge >= 0.3 is 0 Å². The van der Waals surface area contributed by atoms with E-state index >= 15 is 0 Å². The summed E-state index contributed by atoms with van der Waals surface area (Å²) in [6.45, 7) is 3.97. The summed E-state index contributed by atoms with van der Waals surface area (Å²) in [5.74, 6) is -0.817. The molecule has 1 heterocycles. The maximum Gasteiger partial charge on any atom is 0.274 e. The van der Waals surface area contributed by atoms with Crippen molar-refractivity contribution < 1.29 is 14.6 Å². The summed E-state index contributed by atoms with van der Waals surface area (Å²) in [5.41, 5.74) is 2.86. The minimum absolute atomic E-state index is 0.0824. The molecule has 0 saturated carbocycles. The van der Waals surface area contributed by atoms with Crippen LogP contribution in [-0.4, -0.2) is 5.11 Å². The zero-order valence-electron chi connectivity index (χ0n) is 13.3. The van der Waals surface area contributed by atoms with Crippen LogP contribution >= 0.6 is 0 Å². The maximum atomic E-state index is 11.7. The van der Waals surface area contributed by atoms with E-state index in [4.69, 9.17) is 9.47 Å². The van der Waals surface area contributed by atoms with Crippen molar-refractivity contribution in [2.75, 3.05) is 0 Å². The van der Waals surface area contributed by atoms with E-state index in [1.165, 1.54) is 5.56 Å². The highest BCUT2D eigenvalue weighted by Crippen LogP contribution is 2.49. The van der Waals surface area contributed by atoms with Gasteiger partial charge < -0.3 is 14.6 Å². The molecule has 2 aromatic carbocycles. The van der Waals surface area contributed by atoms with Crippen molar-refractivity contribution in [2.24, 2.45) is 5.92 Å². The fourth-order valence-corrected chi connectivity index (χ4v) is 3.91. The lowest BCUT2D eigenvalue weighted by molar-refractivity contribution is -0.136. The molecule has 0 saturated heterocycles. The molecule has 0 spiro atoms. The van der Waals surface area contributed by atoms with E-state index in [1.54, 1.807) is 12.5 Å². The van der Waals surface area contributed by atoms with Crippen molar-refractivity contribution in [2.45, 2.75) is 31.7 Å². The van der Waals surface area contributed by atoms with Gasteiger partial charge in [0.25, 0.3) is 5.79 Å². The van der Waals surface area contributed by atoms with E-state index in [2.05, 4.69) is 13.0 Å². The Morgan fingerprint density at radius 1 is 0.913 bits per heavy atom. The summed E-state index contributed by atoms with van der Waals surface area (Å²) in [4.78, 5) is 0. The minimum atomic E-state index is -1.04. The number of fused-ring (bicyclic) bond motifs is 1. The highest BCUT2D eigenvalue weighted by Gasteiger charge is 2.48. The summed E-state index contributed by atoms with van der Waals surface area (Å²) in [5, 5.41) is 11.7. The first-order valence-corrected chi connectivity index (χ1v) is 7.97. The minimum Gasteiger partial charge on any atom is -0.453 e. The fraction of sp³-hybridized carbons (Fsp3) is 0.300. The van der Waals surface area contributed by atoms with Crippen LogP contribution in [0.15, 0.2) is 61.1 Å². The number of ether oxygens (including phenoxy) is 2. The highest BCUT2D eigenvalue weighted by molar-refractivity contribution is 5.50. The van der Waals surface area contributed by atoms with Crippen LogP contribution in [0.5, 0.6) is 0 Å². The first-order chi connectivity index (χ1) is 11.1. The average molecular weight is 308 g/mol. The Hall–Kier alpha value is -2.26. The van der Waals surface area contributed by atoms with Crippen molar-refractivity contribution in [3.8, 4) is 0 Å². The third-order valence-electron chi connectivity index (χ3n) is 5.14. The molecule has 0 radical (unpaired) electrons. The molecular formula is C20H20O3. The number of aliphatic hydroxyl groups is 1. The predicted octanol–water partition coefficient (Wildman–Crippen LogP) is 3.81. The second-order valence-electron chi connectivity index (χ2n) is 6.53. The molecule has 0 bridgehead atoms. The molecule has 2 atom stereocenters. The van der Waals surface area contributed by atoms with Gasteiger partial charge in [0.15, 0.2) is 0 Å². The lowest BCUT2D eigenvalue weighted by Crippen LogP contribution is -2.36.